The van der Waals surface area contributed by atoms with Gasteiger partial charge in [0.2, 0.25) is 5.91 Å². The number of carbonyl (C=O) groups is 1. The highest BCUT2D eigenvalue weighted by Crippen LogP contribution is 2.27. The summed E-state index contributed by atoms with van der Waals surface area (Å²) in [6.45, 7) is 2.18. The average Bonchev–Trinajstić information content (AvgIpc) is 3.22. The lowest BCUT2D eigenvalue weighted by molar-refractivity contribution is -0.119. The van der Waals surface area contributed by atoms with Gasteiger partial charge in [0.25, 0.3) is 0 Å². The molecule has 0 aliphatic carbocycles. The Balaban J connectivity index is 1.43. The maximum atomic E-state index is 12.3. The Kier molecular flexibility index (Phi) is 7.77. The number of fused-ring (bicyclic) bond motifs is 1. The molecule has 2 N–H and O–H groups in total. The third-order valence-electron chi connectivity index (χ3n) is 5.23. The lowest BCUT2D eigenvalue weighted by Crippen LogP contribution is -2.35. The van der Waals surface area contributed by atoms with Crippen molar-refractivity contribution in [1.29, 1.82) is 0 Å². The molecule has 0 unspecified atom stereocenters. The van der Waals surface area contributed by atoms with Gasteiger partial charge in [-0.25, -0.2) is 0 Å². The van der Waals surface area contributed by atoms with Crippen LogP contribution in [0.3, 0.4) is 0 Å². The van der Waals surface area contributed by atoms with Gasteiger partial charge in [-0.1, -0.05) is 60.8 Å². The predicted molar refractivity (Wildman–Crippen MR) is 142 cm³/mol. The first-order valence-electron chi connectivity index (χ1n) is 10.9. The fraction of sp³-hybridized carbons (Fsp3) is 0.200. The summed E-state index contributed by atoms with van der Waals surface area (Å²) in [6.07, 6.45) is 3.57. The van der Waals surface area contributed by atoms with Gasteiger partial charge in [0, 0.05) is 5.02 Å². The number of unbranched alkanes of at least 4 members (excludes halogenated alkanes) is 1. The summed E-state index contributed by atoms with van der Waals surface area (Å²) < 4.78 is 0. The van der Waals surface area contributed by atoms with Crippen molar-refractivity contribution in [2.45, 2.75) is 32.6 Å². The number of nitrogens with zero attached hydrogens (tertiary/aromatic N) is 3. The Morgan fingerprint density at radius 3 is 2.29 bits per heavy atom. The highest BCUT2D eigenvalue weighted by Gasteiger charge is 2.12. The van der Waals surface area contributed by atoms with Gasteiger partial charge >= 0.3 is 0 Å². The van der Waals surface area contributed by atoms with Crippen molar-refractivity contribution < 1.29 is 4.79 Å². The molecule has 3 aromatic carbocycles. The SMILES string of the molecule is CCCCc1ccc(-n2nc3cc(Cl)c(NC(=S)NC(=O)Cc4ccc(Cl)cc4)cc3n2)cc1. The minimum Gasteiger partial charge on any atom is -0.331 e. The highest BCUT2D eigenvalue weighted by atomic mass is 35.5. The highest BCUT2D eigenvalue weighted by molar-refractivity contribution is 7.80. The topological polar surface area (TPSA) is 71.8 Å². The minimum atomic E-state index is -0.245. The molecule has 4 aromatic rings. The lowest BCUT2D eigenvalue weighted by atomic mass is 10.1. The number of rotatable bonds is 7. The van der Waals surface area contributed by atoms with Crippen molar-refractivity contribution in [2.75, 3.05) is 5.32 Å². The smallest absolute Gasteiger partial charge is 0.230 e. The van der Waals surface area contributed by atoms with Crippen LogP contribution in [0, 0.1) is 0 Å². The second kappa shape index (κ2) is 11.0. The number of nitrogens with one attached hydrogen (secondary N) is 2. The van der Waals surface area contributed by atoms with Gasteiger partial charge in [-0.15, -0.1) is 10.2 Å². The summed E-state index contributed by atoms with van der Waals surface area (Å²) in [7, 11) is 0. The first-order valence-corrected chi connectivity index (χ1v) is 12.1. The standard InChI is InChI=1S/C25H23Cl2N5OS/c1-2-3-4-16-7-11-19(12-8-16)32-30-22-14-20(27)21(15-23(22)31-32)28-25(34)29-24(33)13-17-5-9-18(26)10-6-17/h5-12,14-15H,2-4,13H2,1H3,(H2,28,29,33,34). The fourth-order valence-electron chi connectivity index (χ4n) is 3.44. The monoisotopic (exact) mass is 511 g/mol. The predicted octanol–water partition coefficient (Wildman–Crippen LogP) is 6.13. The number of hydrogen-bond donors (Lipinski definition) is 2. The molecule has 0 atom stereocenters. The van der Waals surface area contributed by atoms with Crippen LogP contribution in [0.15, 0.2) is 60.7 Å². The summed E-state index contributed by atoms with van der Waals surface area (Å²) in [5.41, 5.74) is 4.84. The molecule has 0 saturated heterocycles. The van der Waals surface area contributed by atoms with E-state index in [-0.39, 0.29) is 17.4 Å². The molecule has 1 heterocycles. The number of hydrogen-bond acceptors (Lipinski definition) is 4. The second-order valence-electron chi connectivity index (χ2n) is 7.89. The van der Waals surface area contributed by atoms with E-state index >= 15 is 0 Å². The molecular formula is C25H23Cl2N5OS. The van der Waals surface area contributed by atoms with Crippen molar-refractivity contribution in [1.82, 2.24) is 20.3 Å². The van der Waals surface area contributed by atoms with Gasteiger partial charge in [0.1, 0.15) is 11.0 Å². The van der Waals surface area contributed by atoms with Gasteiger partial charge in [-0.05, 0) is 72.6 Å². The Hall–Kier alpha value is -3.00. The number of anilines is 1. The molecule has 0 bridgehead atoms. The zero-order valence-electron chi connectivity index (χ0n) is 18.5. The number of halogens is 2. The molecule has 0 aliphatic heterocycles. The summed E-state index contributed by atoms with van der Waals surface area (Å²) in [4.78, 5) is 13.9. The maximum Gasteiger partial charge on any atom is 0.230 e. The number of aromatic nitrogens is 3. The van der Waals surface area contributed by atoms with Crippen molar-refractivity contribution in [2.24, 2.45) is 0 Å². The zero-order valence-corrected chi connectivity index (χ0v) is 20.8. The Morgan fingerprint density at radius 2 is 1.62 bits per heavy atom. The van der Waals surface area contributed by atoms with Gasteiger partial charge in [-0.2, -0.15) is 4.80 Å². The van der Waals surface area contributed by atoms with E-state index in [1.165, 1.54) is 18.4 Å². The normalized spacial score (nSPS) is 10.9. The lowest BCUT2D eigenvalue weighted by Gasteiger charge is -2.11. The van der Waals surface area contributed by atoms with Crippen molar-refractivity contribution in [3.63, 3.8) is 0 Å². The molecule has 4 rings (SSSR count). The van der Waals surface area contributed by atoms with Crippen molar-refractivity contribution in [3.8, 4) is 5.69 Å². The molecule has 1 aromatic heterocycles. The van der Waals surface area contributed by atoms with Crippen molar-refractivity contribution >= 4 is 63.2 Å². The molecule has 0 spiro atoms. The Bertz CT molecular complexity index is 1320. The van der Waals surface area contributed by atoms with Crippen LogP contribution in [0.2, 0.25) is 10.0 Å². The molecule has 174 valence electrons. The van der Waals surface area contributed by atoms with Crippen LogP contribution in [0.25, 0.3) is 16.7 Å². The molecule has 1 amide bonds. The van der Waals surface area contributed by atoms with Crippen LogP contribution in [0.4, 0.5) is 5.69 Å². The van der Waals surface area contributed by atoms with Gasteiger partial charge < -0.3 is 10.6 Å². The van der Waals surface area contributed by atoms with E-state index < -0.39 is 0 Å². The molecular weight excluding hydrogens is 489 g/mol. The third kappa shape index (κ3) is 6.11. The summed E-state index contributed by atoms with van der Waals surface area (Å²) in [5, 5.41) is 15.9. The number of amides is 1. The van der Waals surface area contributed by atoms with Gasteiger partial charge in [0.15, 0.2) is 5.11 Å². The van der Waals surface area contributed by atoms with Crippen LogP contribution in [-0.2, 0) is 17.6 Å². The van der Waals surface area contributed by atoms with Gasteiger partial charge in [-0.3, -0.25) is 4.79 Å². The number of benzene rings is 3. The van der Waals surface area contributed by atoms with Crippen LogP contribution in [0.5, 0.6) is 0 Å². The Morgan fingerprint density at radius 1 is 0.971 bits per heavy atom. The quantitative estimate of drug-likeness (QED) is 0.292. The van der Waals surface area contributed by atoms with E-state index in [4.69, 9.17) is 35.4 Å². The van der Waals surface area contributed by atoms with Crippen LogP contribution in [-0.4, -0.2) is 26.0 Å². The van der Waals surface area contributed by atoms with E-state index in [1.807, 2.05) is 12.1 Å². The number of carbonyl (C=O) groups excluding carboxylic acids is 1. The molecule has 6 nitrogen and oxygen atoms in total. The molecule has 34 heavy (non-hydrogen) atoms. The fourth-order valence-corrected chi connectivity index (χ4v) is 3.99. The van der Waals surface area contributed by atoms with Crippen LogP contribution in [0.1, 0.15) is 30.9 Å². The minimum absolute atomic E-state index is 0.148. The average molecular weight is 512 g/mol. The largest absolute Gasteiger partial charge is 0.331 e. The summed E-state index contributed by atoms with van der Waals surface area (Å²) >= 11 is 17.6. The molecule has 0 fully saturated rings. The first-order chi connectivity index (χ1) is 16.4. The Labute approximate surface area is 213 Å². The van der Waals surface area contributed by atoms with E-state index in [0.29, 0.717) is 26.8 Å². The van der Waals surface area contributed by atoms with Crippen molar-refractivity contribution in [3.05, 3.63) is 81.8 Å². The number of aryl methyl sites for hydroxylation is 1. The van der Waals surface area contributed by atoms with E-state index in [0.717, 1.165) is 17.7 Å². The molecule has 0 aliphatic rings. The number of thiocarbonyl (C=S) groups is 1. The van der Waals surface area contributed by atoms with Gasteiger partial charge in [0.05, 0.1) is 22.8 Å². The summed E-state index contributed by atoms with van der Waals surface area (Å²) in [6, 6.07) is 18.8. The molecule has 0 saturated carbocycles. The molecule has 0 radical (unpaired) electrons. The second-order valence-corrected chi connectivity index (χ2v) is 9.14. The zero-order chi connectivity index (χ0) is 24.1. The van der Waals surface area contributed by atoms with E-state index in [9.17, 15) is 4.79 Å². The maximum absolute atomic E-state index is 12.3. The van der Waals surface area contributed by atoms with E-state index in [1.54, 1.807) is 41.2 Å². The van der Waals surface area contributed by atoms with Crippen LogP contribution < -0.4 is 10.6 Å². The van der Waals surface area contributed by atoms with E-state index in [2.05, 4.69) is 39.9 Å². The summed E-state index contributed by atoms with van der Waals surface area (Å²) in [5.74, 6) is -0.245. The molecule has 9 heteroatoms. The first kappa shape index (κ1) is 24.1. The third-order valence-corrected chi connectivity index (χ3v) is 6.00. The van der Waals surface area contributed by atoms with Crippen LogP contribution >= 0.6 is 35.4 Å².